The molecule has 1 aliphatic heterocycles. The van der Waals surface area contributed by atoms with Crippen LogP contribution in [-0.4, -0.2) is 36.7 Å². The standard InChI is InChI=1S/C19H17BrN2O5S/c1-4-27-19(26)15-9(2)10(3)28-17(15)21-14(23)8-22-13-6-5-11(20)7-12(13)16(24)18(22)25/h5-7H,4,8H2,1-3H3,(H,21,23). The Kier molecular flexibility index (Phi) is 5.66. The van der Waals surface area contributed by atoms with Gasteiger partial charge in [0.1, 0.15) is 11.5 Å². The van der Waals surface area contributed by atoms with Crippen LogP contribution in [0, 0.1) is 13.8 Å². The van der Waals surface area contributed by atoms with Crippen LogP contribution in [0.3, 0.4) is 0 Å². The second-order valence-electron chi connectivity index (χ2n) is 6.14. The van der Waals surface area contributed by atoms with E-state index in [0.29, 0.717) is 20.7 Å². The Morgan fingerprint density at radius 1 is 1.25 bits per heavy atom. The molecule has 2 aromatic rings. The van der Waals surface area contributed by atoms with E-state index >= 15 is 0 Å². The number of amides is 2. The molecule has 0 aliphatic carbocycles. The number of ketones is 1. The number of halogens is 1. The van der Waals surface area contributed by atoms with Gasteiger partial charge in [-0.3, -0.25) is 19.3 Å². The van der Waals surface area contributed by atoms with Crippen LogP contribution in [0.25, 0.3) is 0 Å². The highest BCUT2D eigenvalue weighted by Crippen LogP contribution is 2.34. The summed E-state index contributed by atoms with van der Waals surface area (Å²) in [5.41, 5.74) is 1.69. The molecule has 28 heavy (non-hydrogen) atoms. The molecule has 0 radical (unpaired) electrons. The van der Waals surface area contributed by atoms with Crippen molar-refractivity contribution in [3.8, 4) is 0 Å². The quantitative estimate of drug-likeness (QED) is 0.539. The number of hydrogen-bond acceptors (Lipinski definition) is 6. The van der Waals surface area contributed by atoms with Crippen LogP contribution in [0.4, 0.5) is 10.7 Å². The van der Waals surface area contributed by atoms with E-state index in [1.165, 1.54) is 11.3 Å². The van der Waals surface area contributed by atoms with Crippen molar-refractivity contribution in [2.24, 2.45) is 0 Å². The van der Waals surface area contributed by atoms with Crippen molar-refractivity contribution >= 4 is 61.5 Å². The Hall–Kier alpha value is -2.52. The molecular weight excluding hydrogens is 448 g/mol. The molecule has 0 fully saturated rings. The third-order valence-corrected chi connectivity index (χ3v) is 5.97. The molecule has 9 heteroatoms. The molecule has 2 amide bonds. The molecule has 0 bridgehead atoms. The third-order valence-electron chi connectivity index (χ3n) is 4.35. The highest BCUT2D eigenvalue weighted by atomic mass is 79.9. The number of carbonyl (C=O) groups is 4. The van der Waals surface area contributed by atoms with E-state index in [-0.39, 0.29) is 18.7 Å². The number of nitrogens with zero attached hydrogens (tertiary/aromatic N) is 1. The van der Waals surface area contributed by atoms with Crippen molar-refractivity contribution in [3.05, 3.63) is 44.2 Å². The molecule has 0 unspecified atom stereocenters. The number of esters is 1. The van der Waals surface area contributed by atoms with Crippen molar-refractivity contribution in [2.75, 3.05) is 23.4 Å². The average Bonchev–Trinajstić information content (AvgIpc) is 3.03. The maximum Gasteiger partial charge on any atom is 0.341 e. The zero-order valence-electron chi connectivity index (χ0n) is 15.4. The molecule has 1 aromatic heterocycles. The van der Waals surface area contributed by atoms with E-state index in [4.69, 9.17) is 4.74 Å². The van der Waals surface area contributed by atoms with Gasteiger partial charge < -0.3 is 10.1 Å². The number of fused-ring (bicyclic) bond motifs is 1. The number of ether oxygens (including phenoxy) is 1. The zero-order chi connectivity index (χ0) is 20.6. The number of Topliss-reactive ketones (excluding diaryl/α,β-unsaturated/α-hetero) is 1. The molecule has 1 aromatic carbocycles. The van der Waals surface area contributed by atoms with Crippen LogP contribution in [0.1, 0.15) is 38.1 Å². The van der Waals surface area contributed by atoms with Gasteiger partial charge in [-0.2, -0.15) is 0 Å². The van der Waals surface area contributed by atoms with Crippen molar-refractivity contribution in [2.45, 2.75) is 20.8 Å². The van der Waals surface area contributed by atoms with Gasteiger partial charge in [-0.25, -0.2) is 4.79 Å². The van der Waals surface area contributed by atoms with Crippen LogP contribution < -0.4 is 10.2 Å². The lowest BCUT2D eigenvalue weighted by molar-refractivity contribution is -0.118. The third kappa shape index (κ3) is 3.59. The van der Waals surface area contributed by atoms with Crippen LogP contribution in [0.5, 0.6) is 0 Å². The lowest BCUT2D eigenvalue weighted by Gasteiger charge is -2.16. The fraction of sp³-hybridized carbons (Fsp3) is 0.263. The molecular formula is C19H17BrN2O5S. The van der Waals surface area contributed by atoms with Crippen LogP contribution in [0.2, 0.25) is 0 Å². The maximum absolute atomic E-state index is 12.6. The summed E-state index contributed by atoms with van der Waals surface area (Å²) in [5, 5.41) is 3.05. The summed E-state index contributed by atoms with van der Waals surface area (Å²) in [7, 11) is 0. The number of carbonyl (C=O) groups excluding carboxylic acids is 4. The van der Waals surface area contributed by atoms with Gasteiger partial charge in [-0.1, -0.05) is 15.9 Å². The first-order valence-electron chi connectivity index (χ1n) is 8.47. The van der Waals surface area contributed by atoms with Crippen molar-refractivity contribution in [3.63, 3.8) is 0 Å². The van der Waals surface area contributed by atoms with Crippen molar-refractivity contribution < 1.29 is 23.9 Å². The van der Waals surface area contributed by atoms with Gasteiger partial charge in [-0.15, -0.1) is 11.3 Å². The molecule has 0 atom stereocenters. The van der Waals surface area contributed by atoms with E-state index in [0.717, 1.165) is 15.3 Å². The highest BCUT2D eigenvalue weighted by Gasteiger charge is 2.37. The van der Waals surface area contributed by atoms with Gasteiger partial charge >= 0.3 is 5.97 Å². The van der Waals surface area contributed by atoms with Gasteiger partial charge in [-0.05, 0) is 44.5 Å². The minimum atomic E-state index is -0.757. The predicted octanol–water partition coefficient (Wildman–Crippen LogP) is 3.47. The number of thiophene rings is 1. The van der Waals surface area contributed by atoms with E-state index < -0.39 is 23.6 Å². The molecule has 146 valence electrons. The zero-order valence-corrected chi connectivity index (χ0v) is 17.8. The smallest absolute Gasteiger partial charge is 0.341 e. The summed E-state index contributed by atoms with van der Waals surface area (Å²) >= 11 is 4.53. The lowest BCUT2D eigenvalue weighted by Crippen LogP contribution is -2.37. The summed E-state index contributed by atoms with van der Waals surface area (Å²) < 4.78 is 5.74. The van der Waals surface area contributed by atoms with E-state index in [2.05, 4.69) is 21.2 Å². The second-order valence-corrected chi connectivity index (χ2v) is 8.28. The van der Waals surface area contributed by atoms with Crippen molar-refractivity contribution in [1.29, 1.82) is 0 Å². The molecule has 3 rings (SSSR count). The van der Waals surface area contributed by atoms with Gasteiger partial charge in [0, 0.05) is 9.35 Å². The van der Waals surface area contributed by atoms with Crippen molar-refractivity contribution in [1.82, 2.24) is 0 Å². The molecule has 0 saturated carbocycles. The Morgan fingerprint density at radius 3 is 2.64 bits per heavy atom. The van der Waals surface area contributed by atoms with Gasteiger partial charge in [0.05, 0.1) is 23.4 Å². The molecule has 1 N–H and O–H groups in total. The maximum atomic E-state index is 12.6. The second kappa shape index (κ2) is 7.84. The largest absolute Gasteiger partial charge is 0.462 e. The average molecular weight is 465 g/mol. The Balaban J connectivity index is 1.83. The highest BCUT2D eigenvalue weighted by molar-refractivity contribution is 9.10. The summed E-state index contributed by atoms with van der Waals surface area (Å²) in [6.45, 7) is 5.21. The lowest BCUT2D eigenvalue weighted by atomic mass is 10.1. The van der Waals surface area contributed by atoms with Gasteiger partial charge in [0.15, 0.2) is 0 Å². The Bertz CT molecular complexity index is 1010. The first-order chi connectivity index (χ1) is 13.2. The fourth-order valence-corrected chi connectivity index (χ4v) is 4.33. The molecule has 0 spiro atoms. The number of aryl methyl sites for hydroxylation is 1. The number of nitrogens with one attached hydrogen (secondary N) is 1. The van der Waals surface area contributed by atoms with Gasteiger partial charge in [0.2, 0.25) is 5.91 Å². The fourth-order valence-electron chi connectivity index (χ4n) is 2.90. The minimum absolute atomic E-state index is 0.220. The van der Waals surface area contributed by atoms with E-state index in [9.17, 15) is 19.2 Å². The number of anilines is 2. The van der Waals surface area contributed by atoms with Crippen LogP contribution in [0.15, 0.2) is 22.7 Å². The monoisotopic (exact) mass is 464 g/mol. The van der Waals surface area contributed by atoms with E-state index in [1.54, 1.807) is 32.0 Å². The Labute approximate surface area is 173 Å². The summed E-state index contributed by atoms with van der Waals surface area (Å²) in [4.78, 5) is 51.3. The first-order valence-corrected chi connectivity index (χ1v) is 10.1. The van der Waals surface area contributed by atoms with E-state index in [1.807, 2.05) is 6.92 Å². The molecule has 2 heterocycles. The first kappa shape index (κ1) is 20.2. The summed E-state index contributed by atoms with van der Waals surface area (Å²) in [6.07, 6.45) is 0. The van der Waals surface area contributed by atoms with Gasteiger partial charge in [0.25, 0.3) is 11.7 Å². The molecule has 0 saturated heterocycles. The molecule has 1 aliphatic rings. The normalized spacial score (nSPS) is 12.9. The number of hydrogen-bond donors (Lipinski definition) is 1. The summed E-state index contributed by atoms with van der Waals surface area (Å²) in [5.74, 6) is -2.43. The van der Waals surface area contributed by atoms with Crippen LogP contribution in [-0.2, 0) is 14.3 Å². The topological polar surface area (TPSA) is 92.8 Å². The summed E-state index contributed by atoms with van der Waals surface area (Å²) in [6, 6.07) is 4.86. The van der Waals surface area contributed by atoms with Crippen LogP contribution >= 0.6 is 27.3 Å². The number of rotatable bonds is 5. The molecule has 7 nitrogen and oxygen atoms in total. The SMILES string of the molecule is CCOC(=O)c1c(NC(=O)CN2C(=O)C(=O)c3cc(Br)ccc32)sc(C)c1C. The number of benzene rings is 1. The predicted molar refractivity (Wildman–Crippen MR) is 109 cm³/mol. The minimum Gasteiger partial charge on any atom is -0.462 e. The Morgan fingerprint density at radius 2 is 1.96 bits per heavy atom.